The van der Waals surface area contributed by atoms with Crippen molar-refractivity contribution in [1.82, 2.24) is 20.4 Å². The van der Waals surface area contributed by atoms with Gasteiger partial charge in [-0.05, 0) is 71.1 Å². The summed E-state index contributed by atoms with van der Waals surface area (Å²) in [4.78, 5) is 58.2. The number of carbonyl (C=O) groups is 4. The average molecular weight is 613 g/mol. The monoisotopic (exact) mass is 612 g/mol. The second-order valence-corrected chi connectivity index (χ2v) is 14.8. The summed E-state index contributed by atoms with van der Waals surface area (Å²) in [7, 11) is 1.49. The van der Waals surface area contributed by atoms with Crippen LogP contribution in [0.5, 0.6) is 0 Å². The number of hydrogen-bond acceptors (Lipinski definition) is 7. The Bertz CT molecular complexity index is 1310. The summed E-state index contributed by atoms with van der Waals surface area (Å²) in [5, 5.41) is 5.90. The predicted molar refractivity (Wildman–Crippen MR) is 165 cm³/mol. The fraction of sp³-hybridized carbons (Fsp3) is 0.548. The zero-order valence-corrected chi connectivity index (χ0v) is 26.5. The maximum atomic E-state index is 14.2. The minimum absolute atomic E-state index is 0.117. The van der Waals surface area contributed by atoms with Crippen LogP contribution in [0.2, 0.25) is 0 Å². The highest BCUT2D eigenvalue weighted by Crippen LogP contribution is 2.53. The largest absolute Gasteiger partial charge is 0.444 e. The molecule has 11 heteroatoms. The van der Waals surface area contributed by atoms with Crippen molar-refractivity contribution in [2.45, 2.75) is 87.4 Å². The first-order valence-electron chi connectivity index (χ1n) is 14.5. The lowest BCUT2D eigenvalue weighted by Crippen LogP contribution is -2.55. The van der Waals surface area contributed by atoms with E-state index in [0.29, 0.717) is 12.2 Å². The summed E-state index contributed by atoms with van der Waals surface area (Å²) in [5.74, 6) is 0.417. The fourth-order valence-electron chi connectivity index (χ4n) is 6.14. The van der Waals surface area contributed by atoms with Gasteiger partial charge in [0.25, 0.3) is 5.91 Å². The van der Waals surface area contributed by atoms with E-state index in [2.05, 4.69) is 34.9 Å². The summed E-state index contributed by atoms with van der Waals surface area (Å²) in [5.41, 5.74) is 0.168. The van der Waals surface area contributed by atoms with E-state index in [-0.39, 0.29) is 34.3 Å². The molecule has 1 aliphatic carbocycles. The Hall–Kier alpha value is -2.92. The van der Waals surface area contributed by atoms with E-state index in [0.717, 1.165) is 30.6 Å². The second kappa shape index (κ2) is 12.0. The van der Waals surface area contributed by atoms with E-state index < -0.39 is 29.7 Å². The molecule has 2 N–H and O–H groups in total. The summed E-state index contributed by atoms with van der Waals surface area (Å²) in [6.45, 7) is 6.86. The van der Waals surface area contributed by atoms with Crippen LogP contribution in [0.15, 0.2) is 53.1 Å². The zero-order chi connectivity index (χ0) is 30.2. The number of likely N-dealkylation sites (N-methyl/N-ethyl adjacent to an activating group) is 1. The summed E-state index contributed by atoms with van der Waals surface area (Å²) in [6, 6.07) is 6.49. The Morgan fingerprint density at radius 1 is 1.17 bits per heavy atom. The summed E-state index contributed by atoms with van der Waals surface area (Å²) >= 11 is 3.41. The molecule has 1 aromatic carbocycles. The highest BCUT2D eigenvalue weighted by Gasteiger charge is 2.58. The standard InChI is InChI=1S/C31H40N4O5S2/c1-19(34(5)29(39)40-30(2,3)4)26(36)33-22-13-17-42-24-18-31(14-8-9-15-31)25(35(24)28(22)38)27(37)32-21-12-16-41-23-11-7-6-10-20(21)23/h6-11,13,19,21,24-25H,12,14-18H2,1-5H3,(H,32,37)(H,33,36)/t19-,21?,24-,25+/m0/s1. The molecule has 0 bridgehead atoms. The van der Waals surface area contributed by atoms with Gasteiger partial charge in [-0.3, -0.25) is 19.3 Å². The third-order valence-corrected chi connectivity index (χ3v) is 10.7. The van der Waals surface area contributed by atoms with Crippen LogP contribution >= 0.6 is 23.5 Å². The number of nitrogens with zero attached hydrogens (tertiary/aromatic N) is 2. The molecule has 0 saturated carbocycles. The number of allylic oxidation sites excluding steroid dienone is 2. The molecule has 0 aromatic heterocycles. The molecule has 42 heavy (non-hydrogen) atoms. The molecule has 226 valence electrons. The maximum absolute atomic E-state index is 14.2. The van der Waals surface area contributed by atoms with Gasteiger partial charge >= 0.3 is 6.09 Å². The number of ether oxygens (including phenoxy) is 1. The van der Waals surface area contributed by atoms with Crippen molar-refractivity contribution in [3.05, 3.63) is 53.8 Å². The number of hydrogen-bond donors (Lipinski definition) is 2. The van der Waals surface area contributed by atoms with Crippen molar-refractivity contribution in [1.29, 1.82) is 0 Å². The number of fused-ring (bicyclic) bond motifs is 2. The number of carbonyl (C=O) groups excluding carboxylic acids is 4. The Morgan fingerprint density at radius 2 is 1.88 bits per heavy atom. The van der Waals surface area contributed by atoms with Crippen LogP contribution in [-0.2, 0) is 19.1 Å². The molecule has 4 aliphatic rings. The minimum Gasteiger partial charge on any atom is -0.444 e. The quantitative estimate of drug-likeness (QED) is 0.468. The number of benzene rings is 1. The van der Waals surface area contributed by atoms with Crippen molar-refractivity contribution in [2.75, 3.05) is 18.6 Å². The number of nitrogens with one attached hydrogen (secondary N) is 2. The van der Waals surface area contributed by atoms with Gasteiger partial charge in [0.05, 0.1) is 11.4 Å². The van der Waals surface area contributed by atoms with Crippen LogP contribution in [0.25, 0.3) is 0 Å². The maximum Gasteiger partial charge on any atom is 0.410 e. The molecule has 3 aliphatic heterocycles. The molecule has 4 amide bonds. The van der Waals surface area contributed by atoms with Crippen molar-refractivity contribution < 1.29 is 23.9 Å². The summed E-state index contributed by atoms with van der Waals surface area (Å²) < 4.78 is 5.40. The second-order valence-electron chi connectivity index (χ2n) is 12.5. The molecule has 1 fully saturated rings. The summed E-state index contributed by atoms with van der Waals surface area (Å²) in [6.07, 6.45) is 8.30. The van der Waals surface area contributed by atoms with E-state index in [1.165, 1.54) is 16.8 Å². The molecular weight excluding hydrogens is 572 g/mol. The van der Waals surface area contributed by atoms with Gasteiger partial charge in [0, 0.05) is 28.9 Å². The van der Waals surface area contributed by atoms with E-state index in [1.807, 2.05) is 12.1 Å². The van der Waals surface area contributed by atoms with E-state index in [4.69, 9.17) is 4.74 Å². The van der Waals surface area contributed by atoms with Gasteiger partial charge in [0.1, 0.15) is 23.4 Å². The van der Waals surface area contributed by atoms with Crippen molar-refractivity contribution in [3.8, 4) is 0 Å². The van der Waals surface area contributed by atoms with Gasteiger partial charge in [0.2, 0.25) is 11.8 Å². The van der Waals surface area contributed by atoms with Gasteiger partial charge in [-0.2, -0.15) is 0 Å². The number of rotatable bonds is 5. The van der Waals surface area contributed by atoms with E-state index >= 15 is 0 Å². The molecule has 1 aromatic rings. The number of thioether (sulfide) groups is 2. The zero-order valence-electron chi connectivity index (χ0n) is 24.8. The van der Waals surface area contributed by atoms with Crippen LogP contribution in [0, 0.1) is 5.41 Å². The third kappa shape index (κ3) is 6.08. The molecule has 5 rings (SSSR count). The van der Waals surface area contributed by atoms with Gasteiger partial charge in [0.15, 0.2) is 0 Å². The molecule has 9 nitrogen and oxygen atoms in total. The van der Waals surface area contributed by atoms with Crippen LogP contribution in [0.3, 0.4) is 0 Å². The normalized spacial score (nSPS) is 25.2. The molecule has 1 unspecified atom stereocenters. The van der Waals surface area contributed by atoms with Crippen molar-refractivity contribution >= 4 is 47.3 Å². The molecule has 1 saturated heterocycles. The van der Waals surface area contributed by atoms with Crippen molar-refractivity contribution in [2.24, 2.45) is 5.41 Å². The van der Waals surface area contributed by atoms with Gasteiger partial charge in [-0.25, -0.2) is 4.79 Å². The Balaban J connectivity index is 1.35. The highest BCUT2D eigenvalue weighted by atomic mass is 32.2. The lowest BCUT2D eigenvalue weighted by atomic mass is 9.77. The van der Waals surface area contributed by atoms with Crippen LogP contribution in [0.4, 0.5) is 4.79 Å². The Morgan fingerprint density at radius 3 is 2.60 bits per heavy atom. The fourth-order valence-corrected chi connectivity index (χ4v) is 8.58. The highest BCUT2D eigenvalue weighted by molar-refractivity contribution is 8.00. The SMILES string of the molecule is C[C@@H](C(=O)NC1=CCS[C@H]2CC3(CC=CC3)[C@@H](C(=O)NC3CCSc4ccccc43)N2C1=O)N(C)C(=O)OC(C)(C)C. The predicted octanol–water partition coefficient (Wildman–Crippen LogP) is 4.61. The van der Waals surface area contributed by atoms with Crippen LogP contribution < -0.4 is 10.6 Å². The molecule has 4 atom stereocenters. The van der Waals surface area contributed by atoms with E-state index in [9.17, 15) is 19.2 Å². The van der Waals surface area contributed by atoms with Crippen LogP contribution in [0.1, 0.15) is 65.0 Å². The molecular formula is C31H40N4O5S2. The topological polar surface area (TPSA) is 108 Å². The lowest BCUT2D eigenvalue weighted by molar-refractivity contribution is -0.140. The minimum atomic E-state index is -0.882. The third-order valence-electron chi connectivity index (χ3n) is 8.43. The van der Waals surface area contributed by atoms with Crippen LogP contribution in [-0.4, -0.2) is 75.2 Å². The first-order valence-corrected chi connectivity index (χ1v) is 16.5. The lowest BCUT2D eigenvalue weighted by Gasteiger charge is -2.36. The van der Waals surface area contributed by atoms with Crippen molar-refractivity contribution in [3.63, 3.8) is 0 Å². The van der Waals surface area contributed by atoms with Gasteiger partial charge in [-0.1, -0.05) is 30.4 Å². The first kappa shape index (κ1) is 30.5. The van der Waals surface area contributed by atoms with Gasteiger partial charge in [-0.15, -0.1) is 23.5 Å². The number of amides is 4. The first-order chi connectivity index (χ1) is 19.9. The Kier molecular flexibility index (Phi) is 8.72. The van der Waals surface area contributed by atoms with Gasteiger partial charge < -0.3 is 20.3 Å². The Labute approximate surface area is 256 Å². The smallest absolute Gasteiger partial charge is 0.410 e. The molecule has 3 heterocycles. The van der Waals surface area contributed by atoms with E-state index in [1.54, 1.807) is 62.2 Å². The molecule has 0 radical (unpaired) electrons. The average Bonchev–Trinajstić information content (AvgIpc) is 3.50. The molecule has 1 spiro atoms.